The summed E-state index contributed by atoms with van der Waals surface area (Å²) in [6.07, 6.45) is 6.26. The number of rotatable bonds is 3. The second kappa shape index (κ2) is 5.36. The van der Waals surface area contributed by atoms with Crippen LogP contribution in [0.3, 0.4) is 0 Å². The maximum atomic E-state index is 11.0. The molecule has 0 aromatic heterocycles. The fourth-order valence-electron chi connectivity index (χ4n) is 3.13. The van der Waals surface area contributed by atoms with E-state index >= 15 is 0 Å². The van der Waals surface area contributed by atoms with Gasteiger partial charge in [-0.2, -0.15) is 0 Å². The predicted octanol–water partition coefficient (Wildman–Crippen LogP) is 0.892. The average molecular weight is 240 g/mol. The van der Waals surface area contributed by atoms with Crippen LogP contribution in [0.1, 0.15) is 45.4 Å². The van der Waals surface area contributed by atoms with Crippen LogP contribution in [0.4, 0.5) is 0 Å². The fourth-order valence-corrected chi connectivity index (χ4v) is 3.13. The minimum atomic E-state index is -0.430. The molecule has 1 aliphatic carbocycles. The molecule has 0 bridgehead atoms. The maximum Gasteiger partial charge on any atom is 0.217 e. The van der Waals surface area contributed by atoms with Crippen molar-refractivity contribution in [3.05, 3.63) is 0 Å². The molecule has 0 radical (unpaired) electrons. The molecule has 1 amide bonds. The largest absolute Gasteiger partial charge is 0.389 e. The number of carbonyl (C=O) groups is 1. The highest BCUT2D eigenvalue weighted by atomic mass is 16.3. The first-order chi connectivity index (χ1) is 8.07. The van der Waals surface area contributed by atoms with Gasteiger partial charge >= 0.3 is 0 Å². The average Bonchev–Trinajstić information content (AvgIpc) is 2.67. The monoisotopic (exact) mass is 240 g/mol. The van der Waals surface area contributed by atoms with Gasteiger partial charge in [0.05, 0.1) is 5.60 Å². The van der Waals surface area contributed by atoms with E-state index in [1.165, 1.54) is 12.8 Å². The third-order valence-electron chi connectivity index (χ3n) is 4.05. The number of β-amino-alcohol motifs (C(OH)–C–C–N with tert-alkyl or cyclic N) is 1. The third-order valence-corrected chi connectivity index (χ3v) is 4.05. The molecule has 0 aromatic carbocycles. The van der Waals surface area contributed by atoms with E-state index in [-0.39, 0.29) is 5.91 Å². The lowest BCUT2D eigenvalue weighted by Gasteiger charge is -2.36. The highest BCUT2D eigenvalue weighted by molar-refractivity contribution is 5.73. The van der Waals surface area contributed by atoms with Crippen molar-refractivity contribution in [3.8, 4) is 0 Å². The quantitative estimate of drug-likeness (QED) is 0.770. The summed E-state index contributed by atoms with van der Waals surface area (Å²) in [6.45, 7) is 4.38. The Morgan fingerprint density at radius 3 is 2.47 bits per heavy atom. The van der Waals surface area contributed by atoms with Gasteiger partial charge in [-0.05, 0) is 25.7 Å². The summed E-state index contributed by atoms with van der Waals surface area (Å²) < 4.78 is 0. The van der Waals surface area contributed by atoms with Crippen LogP contribution in [0.2, 0.25) is 0 Å². The van der Waals surface area contributed by atoms with E-state index in [0.717, 1.165) is 45.3 Å². The van der Waals surface area contributed by atoms with Crippen LogP contribution >= 0.6 is 0 Å². The third kappa shape index (κ3) is 3.68. The van der Waals surface area contributed by atoms with Crippen LogP contribution in [0.15, 0.2) is 0 Å². The first-order valence-electron chi connectivity index (χ1n) is 6.79. The van der Waals surface area contributed by atoms with Gasteiger partial charge in [0.15, 0.2) is 0 Å². The molecular weight excluding hydrogens is 216 g/mol. The number of aliphatic hydroxyl groups is 1. The Balaban J connectivity index is 1.73. The first kappa shape index (κ1) is 12.8. The van der Waals surface area contributed by atoms with Crippen molar-refractivity contribution in [2.24, 2.45) is 0 Å². The van der Waals surface area contributed by atoms with E-state index < -0.39 is 5.60 Å². The minimum Gasteiger partial charge on any atom is -0.389 e. The Bertz CT molecular complexity index is 267. The van der Waals surface area contributed by atoms with Gasteiger partial charge in [0.25, 0.3) is 0 Å². The Labute approximate surface area is 103 Å². The fraction of sp³-hybridized carbons (Fsp3) is 0.923. The number of nitrogens with one attached hydrogen (secondary N) is 1. The smallest absolute Gasteiger partial charge is 0.217 e. The Morgan fingerprint density at radius 2 is 1.94 bits per heavy atom. The number of carbonyl (C=O) groups excluding carboxylic acids is 1. The molecule has 0 atom stereocenters. The summed E-state index contributed by atoms with van der Waals surface area (Å²) in [4.78, 5) is 13.3. The van der Waals surface area contributed by atoms with E-state index in [1.54, 1.807) is 6.92 Å². The van der Waals surface area contributed by atoms with E-state index in [4.69, 9.17) is 0 Å². The summed E-state index contributed by atoms with van der Waals surface area (Å²) in [5.41, 5.74) is -0.430. The highest BCUT2D eigenvalue weighted by Crippen LogP contribution is 2.30. The van der Waals surface area contributed by atoms with Gasteiger partial charge in [-0.1, -0.05) is 12.8 Å². The number of likely N-dealkylation sites (tertiary alicyclic amines) is 1. The SMILES string of the molecule is CC(=O)NC1CCN(CC2(O)CCCC2)CC1. The van der Waals surface area contributed by atoms with Crippen molar-refractivity contribution < 1.29 is 9.90 Å². The van der Waals surface area contributed by atoms with E-state index in [2.05, 4.69) is 10.2 Å². The number of nitrogens with zero attached hydrogens (tertiary/aromatic N) is 1. The lowest BCUT2D eigenvalue weighted by atomic mass is 9.98. The van der Waals surface area contributed by atoms with Crippen LogP contribution in [0.25, 0.3) is 0 Å². The molecular formula is C13H24N2O2. The van der Waals surface area contributed by atoms with Gasteiger partial charge in [0, 0.05) is 32.6 Å². The van der Waals surface area contributed by atoms with Crippen molar-refractivity contribution in [1.82, 2.24) is 10.2 Å². The van der Waals surface area contributed by atoms with E-state index in [1.807, 2.05) is 0 Å². The number of hydrogen-bond donors (Lipinski definition) is 2. The molecule has 17 heavy (non-hydrogen) atoms. The second-order valence-electron chi connectivity index (χ2n) is 5.68. The molecule has 2 fully saturated rings. The zero-order valence-corrected chi connectivity index (χ0v) is 10.7. The van der Waals surface area contributed by atoms with Crippen molar-refractivity contribution in [2.75, 3.05) is 19.6 Å². The second-order valence-corrected chi connectivity index (χ2v) is 5.68. The van der Waals surface area contributed by atoms with Gasteiger partial charge in [0.1, 0.15) is 0 Å². The van der Waals surface area contributed by atoms with E-state index in [0.29, 0.717) is 6.04 Å². The topological polar surface area (TPSA) is 52.6 Å². The molecule has 0 spiro atoms. The van der Waals surface area contributed by atoms with Gasteiger partial charge < -0.3 is 15.3 Å². The standard InChI is InChI=1S/C13H24N2O2/c1-11(16)14-12-4-8-15(9-5-12)10-13(17)6-2-3-7-13/h12,17H,2-10H2,1H3,(H,14,16). The molecule has 1 aliphatic heterocycles. The molecule has 1 saturated heterocycles. The Morgan fingerprint density at radius 1 is 1.35 bits per heavy atom. The van der Waals surface area contributed by atoms with Crippen molar-refractivity contribution in [3.63, 3.8) is 0 Å². The lowest BCUT2D eigenvalue weighted by molar-refractivity contribution is -0.120. The van der Waals surface area contributed by atoms with Crippen LogP contribution in [0.5, 0.6) is 0 Å². The van der Waals surface area contributed by atoms with Crippen LogP contribution in [-0.4, -0.2) is 47.2 Å². The van der Waals surface area contributed by atoms with Gasteiger partial charge in [0.2, 0.25) is 5.91 Å². The Hall–Kier alpha value is -0.610. The highest BCUT2D eigenvalue weighted by Gasteiger charge is 2.34. The van der Waals surface area contributed by atoms with Crippen molar-refractivity contribution in [2.45, 2.75) is 57.1 Å². The van der Waals surface area contributed by atoms with Crippen molar-refractivity contribution in [1.29, 1.82) is 0 Å². The van der Waals surface area contributed by atoms with Crippen LogP contribution in [0, 0.1) is 0 Å². The van der Waals surface area contributed by atoms with Gasteiger partial charge in [-0.25, -0.2) is 0 Å². The lowest BCUT2D eigenvalue weighted by Crippen LogP contribution is -2.48. The number of amides is 1. The molecule has 0 unspecified atom stereocenters. The van der Waals surface area contributed by atoms with Crippen molar-refractivity contribution >= 4 is 5.91 Å². The molecule has 4 heteroatoms. The molecule has 98 valence electrons. The summed E-state index contributed by atoms with van der Waals surface area (Å²) in [5.74, 6) is 0.0675. The number of hydrogen-bond acceptors (Lipinski definition) is 3. The Kier molecular flexibility index (Phi) is 4.05. The van der Waals surface area contributed by atoms with Gasteiger partial charge in [-0.15, -0.1) is 0 Å². The molecule has 1 saturated carbocycles. The van der Waals surface area contributed by atoms with E-state index in [9.17, 15) is 9.90 Å². The molecule has 2 N–H and O–H groups in total. The molecule has 2 aliphatic rings. The maximum absolute atomic E-state index is 11.0. The zero-order chi connectivity index (χ0) is 12.3. The normalized spacial score (nSPS) is 26.0. The number of piperidine rings is 1. The molecule has 4 nitrogen and oxygen atoms in total. The van der Waals surface area contributed by atoms with Crippen LogP contribution < -0.4 is 5.32 Å². The first-order valence-corrected chi connectivity index (χ1v) is 6.79. The van der Waals surface area contributed by atoms with Crippen LogP contribution in [-0.2, 0) is 4.79 Å². The summed E-state index contributed by atoms with van der Waals surface area (Å²) in [7, 11) is 0. The molecule has 1 heterocycles. The molecule has 0 aromatic rings. The molecule has 2 rings (SSSR count). The summed E-state index contributed by atoms with van der Waals surface area (Å²) in [6, 6.07) is 0.335. The summed E-state index contributed by atoms with van der Waals surface area (Å²) in [5, 5.41) is 13.3. The zero-order valence-electron chi connectivity index (χ0n) is 10.7. The van der Waals surface area contributed by atoms with Gasteiger partial charge in [-0.3, -0.25) is 4.79 Å². The predicted molar refractivity (Wildman–Crippen MR) is 66.7 cm³/mol. The summed E-state index contributed by atoms with van der Waals surface area (Å²) >= 11 is 0. The minimum absolute atomic E-state index is 0.0675.